The Kier molecular flexibility index (Phi) is 5.13. The van der Waals surface area contributed by atoms with Crippen LogP contribution in [0.2, 0.25) is 10.0 Å². The van der Waals surface area contributed by atoms with Crippen LogP contribution in [0.4, 0.5) is 17.5 Å². The van der Waals surface area contributed by atoms with Gasteiger partial charge in [-0.1, -0.05) is 29.3 Å². The van der Waals surface area contributed by atoms with Crippen molar-refractivity contribution in [1.29, 1.82) is 0 Å². The third-order valence-corrected chi connectivity index (χ3v) is 3.78. The second-order valence-electron chi connectivity index (χ2n) is 5.18. The molecule has 2 N–H and O–H groups in total. The molecule has 0 spiro atoms. The lowest BCUT2D eigenvalue weighted by Crippen LogP contribution is -2.06. The highest BCUT2D eigenvalue weighted by Gasteiger charge is 2.06. The minimum absolute atomic E-state index is 0.466. The van der Waals surface area contributed by atoms with Crippen LogP contribution in [0, 0.1) is 6.92 Å². The van der Waals surface area contributed by atoms with Crippen LogP contribution in [-0.4, -0.2) is 15.0 Å². The standard InChI is InChI=1S/C17H15Cl2N5/c1-11-7-16(21-10-12-3-2-6-20-9-12)24-17(22-11)23-15-5-4-13(18)8-14(15)19/h2-9H,10H2,1H3,(H2,21,22,23,24). The highest BCUT2D eigenvalue weighted by molar-refractivity contribution is 6.36. The van der Waals surface area contributed by atoms with Crippen LogP contribution < -0.4 is 10.6 Å². The van der Waals surface area contributed by atoms with Crippen molar-refractivity contribution in [3.05, 3.63) is 70.1 Å². The van der Waals surface area contributed by atoms with Gasteiger partial charge in [0.25, 0.3) is 0 Å². The maximum atomic E-state index is 6.18. The Bertz CT molecular complexity index is 840. The Morgan fingerprint density at radius 1 is 1.08 bits per heavy atom. The van der Waals surface area contributed by atoms with Crippen molar-refractivity contribution in [1.82, 2.24) is 15.0 Å². The van der Waals surface area contributed by atoms with Gasteiger partial charge in [-0.25, -0.2) is 4.98 Å². The minimum atomic E-state index is 0.466. The van der Waals surface area contributed by atoms with Crippen molar-refractivity contribution >= 4 is 40.7 Å². The summed E-state index contributed by atoms with van der Waals surface area (Å²) >= 11 is 12.1. The smallest absolute Gasteiger partial charge is 0.229 e. The minimum Gasteiger partial charge on any atom is -0.366 e. The number of hydrogen-bond donors (Lipinski definition) is 2. The van der Waals surface area contributed by atoms with E-state index in [0.29, 0.717) is 28.2 Å². The summed E-state index contributed by atoms with van der Waals surface area (Å²) < 4.78 is 0. The van der Waals surface area contributed by atoms with Gasteiger partial charge in [0, 0.05) is 35.7 Å². The summed E-state index contributed by atoms with van der Waals surface area (Å²) in [6.07, 6.45) is 3.56. The molecule has 0 saturated heterocycles. The average Bonchev–Trinajstić information content (AvgIpc) is 2.56. The van der Waals surface area contributed by atoms with Crippen molar-refractivity contribution in [2.24, 2.45) is 0 Å². The van der Waals surface area contributed by atoms with Crippen molar-refractivity contribution in [3.8, 4) is 0 Å². The first-order chi connectivity index (χ1) is 11.6. The molecule has 122 valence electrons. The molecule has 2 aromatic heterocycles. The Hall–Kier alpha value is -2.37. The van der Waals surface area contributed by atoms with Gasteiger partial charge in [0.05, 0.1) is 10.7 Å². The number of aryl methyl sites for hydroxylation is 1. The fourth-order valence-electron chi connectivity index (χ4n) is 2.12. The fraction of sp³-hybridized carbons (Fsp3) is 0.118. The number of rotatable bonds is 5. The predicted molar refractivity (Wildman–Crippen MR) is 98.1 cm³/mol. The fourth-order valence-corrected chi connectivity index (χ4v) is 2.58. The summed E-state index contributed by atoms with van der Waals surface area (Å²) in [4.78, 5) is 12.9. The molecule has 0 aliphatic carbocycles. The Labute approximate surface area is 150 Å². The molecule has 0 fully saturated rings. The Morgan fingerprint density at radius 2 is 1.96 bits per heavy atom. The first kappa shape index (κ1) is 16.5. The van der Waals surface area contributed by atoms with Gasteiger partial charge >= 0.3 is 0 Å². The van der Waals surface area contributed by atoms with E-state index in [1.165, 1.54) is 0 Å². The molecule has 0 radical (unpaired) electrons. The number of hydrogen-bond acceptors (Lipinski definition) is 5. The molecule has 0 saturated carbocycles. The monoisotopic (exact) mass is 359 g/mol. The molecular weight excluding hydrogens is 345 g/mol. The van der Waals surface area contributed by atoms with E-state index in [1.54, 1.807) is 24.4 Å². The first-order valence-corrected chi connectivity index (χ1v) is 8.06. The summed E-state index contributed by atoms with van der Waals surface area (Å²) in [6.45, 7) is 2.54. The Balaban J connectivity index is 1.76. The van der Waals surface area contributed by atoms with Gasteiger partial charge < -0.3 is 10.6 Å². The summed E-state index contributed by atoms with van der Waals surface area (Å²) in [7, 11) is 0. The largest absolute Gasteiger partial charge is 0.366 e. The second-order valence-corrected chi connectivity index (χ2v) is 6.03. The van der Waals surface area contributed by atoms with Crippen LogP contribution in [0.1, 0.15) is 11.3 Å². The lowest BCUT2D eigenvalue weighted by atomic mass is 10.3. The predicted octanol–water partition coefficient (Wildman–Crippen LogP) is 4.84. The van der Waals surface area contributed by atoms with Crippen LogP contribution in [0.15, 0.2) is 48.8 Å². The van der Waals surface area contributed by atoms with E-state index < -0.39 is 0 Å². The molecule has 3 rings (SSSR count). The van der Waals surface area contributed by atoms with E-state index in [2.05, 4.69) is 25.6 Å². The molecule has 2 heterocycles. The van der Waals surface area contributed by atoms with Crippen molar-refractivity contribution in [3.63, 3.8) is 0 Å². The van der Waals surface area contributed by atoms with Crippen LogP contribution in [0.5, 0.6) is 0 Å². The number of nitrogens with zero attached hydrogens (tertiary/aromatic N) is 3. The topological polar surface area (TPSA) is 62.7 Å². The van der Waals surface area contributed by atoms with E-state index in [9.17, 15) is 0 Å². The van der Waals surface area contributed by atoms with Crippen molar-refractivity contribution < 1.29 is 0 Å². The molecule has 0 bridgehead atoms. The van der Waals surface area contributed by atoms with Gasteiger partial charge in [0.2, 0.25) is 5.95 Å². The third kappa shape index (κ3) is 4.34. The number of halogens is 2. The number of aromatic nitrogens is 3. The van der Waals surface area contributed by atoms with Gasteiger partial charge in [-0.3, -0.25) is 4.98 Å². The summed E-state index contributed by atoms with van der Waals surface area (Å²) in [6, 6.07) is 11.0. The van der Waals surface area contributed by atoms with Gasteiger partial charge in [-0.2, -0.15) is 4.98 Å². The van der Waals surface area contributed by atoms with Gasteiger partial charge in [-0.15, -0.1) is 0 Å². The lowest BCUT2D eigenvalue weighted by molar-refractivity contribution is 1.05. The van der Waals surface area contributed by atoms with Crippen LogP contribution >= 0.6 is 23.2 Å². The zero-order chi connectivity index (χ0) is 16.9. The number of nitrogens with one attached hydrogen (secondary N) is 2. The summed E-state index contributed by atoms with van der Waals surface area (Å²) in [5.74, 6) is 1.19. The summed E-state index contributed by atoms with van der Waals surface area (Å²) in [5.41, 5.74) is 2.61. The summed E-state index contributed by atoms with van der Waals surface area (Å²) in [5, 5.41) is 7.47. The van der Waals surface area contributed by atoms with Gasteiger partial charge in [0.1, 0.15) is 5.82 Å². The van der Waals surface area contributed by atoms with Crippen LogP contribution in [0.25, 0.3) is 0 Å². The average molecular weight is 360 g/mol. The molecule has 24 heavy (non-hydrogen) atoms. The zero-order valence-corrected chi connectivity index (χ0v) is 14.4. The highest BCUT2D eigenvalue weighted by atomic mass is 35.5. The number of pyridine rings is 1. The van der Waals surface area contributed by atoms with Gasteiger partial charge in [-0.05, 0) is 36.8 Å². The van der Waals surface area contributed by atoms with E-state index in [-0.39, 0.29) is 0 Å². The molecule has 5 nitrogen and oxygen atoms in total. The lowest BCUT2D eigenvalue weighted by Gasteiger charge is -2.11. The molecular formula is C17H15Cl2N5. The van der Waals surface area contributed by atoms with E-state index >= 15 is 0 Å². The molecule has 1 aromatic carbocycles. The normalized spacial score (nSPS) is 10.5. The van der Waals surface area contributed by atoms with Crippen LogP contribution in [-0.2, 0) is 6.54 Å². The second kappa shape index (κ2) is 7.47. The molecule has 0 aliphatic rings. The quantitative estimate of drug-likeness (QED) is 0.682. The van der Waals surface area contributed by atoms with E-state index in [4.69, 9.17) is 23.2 Å². The number of anilines is 3. The Morgan fingerprint density at radius 3 is 2.71 bits per heavy atom. The van der Waals surface area contributed by atoms with Crippen LogP contribution in [0.3, 0.4) is 0 Å². The molecule has 0 aliphatic heterocycles. The van der Waals surface area contributed by atoms with Crippen molar-refractivity contribution in [2.45, 2.75) is 13.5 Å². The SMILES string of the molecule is Cc1cc(NCc2cccnc2)nc(Nc2ccc(Cl)cc2Cl)n1. The highest BCUT2D eigenvalue weighted by Crippen LogP contribution is 2.27. The van der Waals surface area contributed by atoms with Gasteiger partial charge in [0.15, 0.2) is 0 Å². The maximum Gasteiger partial charge on any atom is 0.229 e. The van der Waals surface area contributed by atoms with E-state index in [1.807, 2.05) is 31.3 Å². The maximum absolute atomic E-state index is 6.18. The molecule has 7 heteroatoms. The molecule has 0 amide bonds. The number of benzene rings is 1. The molecule has 0 unspecified atom stereocenters. The van der Waals surface area contributed by atoms with Crippen molar-refractivity contribution in [2.75, 3.05) is 10.6 Å². The first-order valence-electron chi connectivity index (χ1n) is 7.31. The molecule has 3 aromatic rings. The molecule has 0 atom stereocenters. The zero-order valence-electron chi connectivity index (χ0n) is 12.9. The van der Waals surface area contributed by atoms with E-state index in [0.717, 1.165) is 17.1 Å². The third-order valence-electron chi connectivity index (χ3n) is 3.23.